The summed E-state index contributed by atoms with van der Waals surface area (Å²) in [5, 5.41) is 0. The molecule has 0 saturated heterocycles. The Hall–Kier alpha value is 0.799. The van der Waals surface area contributed by atoms with Gasteiger partial charge in [0, 0.05) is 0 Å². The fourth-order valence-corrected chi connectivity index (χ4v) is 2.90. The molecule has 0 saturated carbocycles. The Morgan fingerprint density at radius 1 is 1.29 bits per heavy atom. The Morgan fingerprint density at radius 2 is 1.71 bits per heavy atom. The maximum absolute atomic E-state index is 2.30. The second-order valence-electron chi connectivity index (χ2n) is 3.10. The van der Waals surface area contributed by atoms with Gasteiger partial charge in [0.15, 0.2) is 0 Å². The van der Waals surface area contributed by atoms with Gasteiger partial charge in [0.2, 0.25) is 0 Å². The Labute approximate surface area is 59.8 Å². The summed E-state index contributed by atoms with van der Waals surface area (Å²) in [4.78, 5) is 0. The topological polar surface area (TPSA) is 0 Å². The molecule has 0 spiro atoms. The van der Waals surface area contributed by atoms with Crippen LogP contribution in [0.3, 0.4) is 0 Å². The van der Waals surface area contributed by atoms with E-state index in [1.165, 1.54) is 33.4 Å². The van der Waals surface area contributed by atoms with E-state index in [1.807, 2.05) is 0 Å². The molecule has 0 N–H and O–H groups in total. The van der Waals surface area contributed by atoms with Crippen LogP contribution in [0, 0.1) is 5.41 Å². The van der Waals surface area contributed by atoms with Crippen molar-refractivity contribution in [2.24, 2.45) is 5.41 Å². The summed E-state index contributed by atoms with van der Waals surface area (Å²) in [5.74, 6) is 0. The van der Waals surface area contributed by atoms with E-state index in [2.05, 4.69) is 20.8 Å². The van der Waals surface area contributed by atoms with Gasteiger partial charge in [-0.15, -0.1) is 0 Å². The van der Waals surface area contributed by atoms with Crippen molar-refractivity contribution >= 4 is 22.5 Å². The van der Waals surface area contributed by atoms with Crippen LogP contribution in [-0.4, -0.2) is 22.5 Å². The van der Waals surface area contributed by atoms with E-state index in [0.717, 1.165) is 0 Å². The van der Waals surface area contributed by atoms with E-state index in [0.29, 0.717) is 5.41 Å². The van der Waals surface area contributed by atoms with Gasteiger partial charge in [0.1, 0.15) is 0 Å². The monoisotopic (exact) mass is 206 g/mol. The van der Waals surface area contributed by atoms with Gasteiger partial charge in [-0.05, 0) is 0 Å². The molecule has 0 amide bonds. The van der Waals surface area contributed by atoms with Crippen LogP contribution in [0.4, 0.5) is 0 Å². The molecule has 0 unspecified atom stereocenters. The predicted octanol–water partition coefficient (Wildman–Crippen LogP) is 1.74. The molecule has 0 fully saturated rings. The van der Waals surface area contributed by atoms with Crippen molar-refractivity contribution in [3.05, 3.63) is 0 Å². The zero-order valence-corrected chi connectivity index (χ0v) is 8.79. The molecule has 0 aliphatic heterocycles. The average Bonchev–Trinajstić information content (AvgIpc) is 1.30. The van der Waals surface area contributed by atoms with Crippen LogP contribution >= 0.6 is 0 Å². The van der Waals surface area contributed by atoms with Gasteiger partial charge < -0.3 is 0 Å². The van der Waals surface area contributed by atoms with Crippen molar-refractivity contribution in [2.45, 2.75) is 31.6 Å². The second kappa shape index (κ2) is 2.95. The van der Waals surface area contributed by atoms with E-state index in [1.54, 1.807) is 0 Å². The minimum absolute atomic E-state index is 0.583. The Kier molecular flexibility index (Phi) is 3.29. The van der Waals surface area contributed by atoms with Gasteiger partial charge in [-0.3, -0.25) is 0 Å². The van der Waals surface area contributed by atoms with E-state index < -0.39 is 0 Å². The molecule has 7 heavy (non-hydrogen) atoms. The first kappa shape index (κ1) is 7.80. The van der Waals surface area contributed by atoms with Gasteiger partial charge in [-0.1, -0.05) is 0 Å². The van der Waals surface area contributed by atoms with Gasteiger partial charge in [0.05, 0.1) is 0 Å². The molecule has 0 nitrogen and oxygen atoms in total. The van der Waals surface area contributed by atoms with E-state index in [9.17, 15) is 0 Å². The first-order chi connectivity index (χ1) is 3.06. The number of rotatable bonds is 1. The van der Waals surface area contributed by atoms with Crippen LogP contribution in [0.2, 0.25) is 4.44 Å². The standard InChI is InChI=1S/C6H13.Sn.H/c1-5-6(2,3)4;;/h1,5H2,2-4H3;;. The summed E-state index contributed by atoms with van der Waals surface area (Å²) < 4.78 is 1.44. The van der Waals surface area contributed by atoms with Crippen LogP contribution in [-0.2, 0) is 0 Å². The summed E-state index contributed by atoms with van der Waals surface area (Å²) >= 11 is 1.42. The van der Waals surface area contributed by atoms with Crippen molar-refractivity contribution in [1.82, 2.24) is 0 Å². The summed E-state index contributed by atoms with van der Waals surface area (Å²) in [6.45, 7) is 6.89. The third kappa shape index (κ3) is 6.80. The van der Waals surface area contributed by atoms with Crippen LogP contribution in [0.15, 0.2) is 0 Å². The molecule has 42 valence electrons. The van der Waals surface area contributed by atoms with E-state index in [-0.39, 0.29) is 0 Å². The van der Waals surface area contributed by atoms with Crippen molar-refractivity contribution in [1.29, 1.82) is 0 Å². The molecule has 0 aliphatic carbocycles. The van der Waals surface area contributed by atoms with Gasteiger partial charge >= 0.3 is 59.6 Å². The van der Waals surface area contributed by atoms with Crippen LogP contribution in [0.5, 0.6) is 0 Å². The molecule has 0 rings (SSSR count). The third-order valence-electron chi connectivity index (χ3n) is 0.894. The third-order valence-corrected chi connectivity index (χ3v) is 1.72. The molecule has 0 heterocycles. The zero-order chi connectivity index (χ0) is 5.91. The zero-order valence-electron chi connectivity index (χ0n) is 5.49. The summed E-state index contributed by atoms with van der Waals surface area (Å²) in [7, 11) is 0. The number of hydrogen-bond acceptors (Lipinski definition) is 0. The molecule has 0 aromatic carbocycles. The van der Waals surface area contributed by atoms with E-state index in [4.69, 9.17) is 0 Å². The Bertz CT molecular complexity index is 42.6. The number of hydrogen-bond donors (Lipinski definition) is 0. The molecule has 0 aromatic heterocycles. The predicted molar refractivity (Wildman–Crippen MR) is 36.0 cm³/mol. The SMILES string of the molecule is CC(C)(C)C[CH2][SnH]. The molecule has 2 radical (unpaired) electrons. The van der Waals surface area contributed by atoms with Crippen molar-refractivity contribution < 1.29 is 0 Å². The summed E-state index contributed by atoms with van der Waals surface area (Å²) in [6.07, 6.45) is 1.40. The first-order valence-corrected chi connectivity index (χ1v) is 5.09. The molecular weight excluding hydrogens is 191 g/mol. The van der Waals surface area contributed by atoms with Crippen molar-refractivity contribution in [3.8, 4) is 0 Å². The molecular formula is C6H14Sn. The molecule has 0 aliphatic rings. The Morgan fingerprint density at radius 3 is 1.71 bits per heavy atom. The quantitative estimate of drug-likeness (QED) is 0.572. The Balaban J connectivity index is 3.15. The second-order valence-corrected chi connectivity index (χ2v) is 4.75. The minimum atomic E-state index is 0.583. The van der Waals surface area contributed by atoms with Crippen LogP contribution < -0.4 is 0 Å². The normalized spacial score (nSPS) is 12.0. The molecule has 0 bridgehead atoms. The van der Waals surface area contributed by atoms with Gasteiger partial charge in [-0.2, -0.15) is 0 Å². The molecule has 0 atom stereocenters. The average molecular weight is 205 g/mol. The van der Waals surface area contributed by atoms with Crippen molar-refractivity contribution in [2.75, 3.05) is 0 Å². The van der Waals surface area contributed by atoms with Gasteiger partial charge in [0.25, 0.3) is 0 Å². The fraction of sp³-hybridized carbons (Fsp3) is 1.00. The van der Waals surface area contributed by atoms with Crippen LogP contribution in [0.1, 0.15) is 27.2 Å². The van der Waals surface area contributed by atoms with E-state index >= 15 is 0 Å². The fourth-order valence-electron chi connectivity index (χ4n) is 0.433. The van der Waals surface area contributed by atoms with Gasteiger partial charge in [-0.25, -0.2) is 0 Å². The van der Waals surface area contributed by atoms with Crippen LogP contribution in [0.25, 0.3) is 0 Å². The summed E-state index contributed by atoms with van der Waals surface area (Å²) in [6, 6.07) is 0. The maximum atomic E-state index is 2.30. The van der Waals surface area contributed by atoms with Crippen molar-refractivity contribution in [3.63, 3.8) is 0 Å². The molecule has 0 aromatic rings. The molecule has 1 heteroatoms. The first-order valence-electron chi connectivity index (χ1n) is 2.76. The summed E-state index contributed by atoms with van der Waals surface area (Å²) in [5.41, 5.74) is 0.583.